The monoisotopic (exact) mass is 246 g/mol. The van der Waals surface area contributed by atoms with Crippen molar-refractivity contribution in [3.8, 4) is 0 Å². The van der Waals surface area contributed by atoms with Crippen molar-refractivity contribution in [2.24, 2.45) is 5.92 Å². The minimum absolute atomic E-state index is 0.196. The number of carboxylic acids is 1. The van der Waals surface area contributed by atoms with Gasteiger partial charge in [0.15, 0.2) is 0 Å². The molecule has 0 rings (SSSR count). The van der Waals surface area contributed by atoms with E-state index in [0.717, 1.165) is 12.8 Å². The molecule has 0 fully saturated rings. The molecule has 0 aliphatic heterocycles. The summed E-state index contributed by atoms with van der Waals surface area (Å²) < 4.78 is 0. The Morgan fingerprint density at radius 1 is 1.06 bits per heavy atom. The average Bonchev–Trinajstić information content (AvgIpc) is 2.22. The molecular formula is C12H22O5. The summed E-state index contributed by atoms with van der Waals surface area (Å²) >= 11 is 0. The summed E-state index contributed by atoms with van der Waals surface area (Å²) in [7, 11) is 0. The maximum absolute atomic E-state index is 11.1. The third-order valence-corrected chi connectivity index (χ3v) is 2.07. The molecule has 5 nitrogen and oxygen atoms in total. The van der Waals surface area contributed by atoms with Crippen LogP contribution in [0.5, 0.6) is 0 Å². The van der Waals surface area contributed by atoms with Crippen LogP contribution in [0.3, 0.4) is 0 Å². The van der Waals surface area contributed by atoms with Gasteiger partial charge in [0.05, 0.1) is 6.61 Å². The van der Waals surface area contributed by atoms with Crippen molar-refractivity contribution in [1.82, 2.24) is 0 Å². The van der Waals surface area contributed by atoms with Gasteiger partial charge in [-0.25, -0.2) is 4.79 Å². The Morgan fingerprint density at radius 2 is 1.65 bits per heavy atom. The molecule has 0 aromatic rings. The highest BCUT2D eigenvalue weighted by Gasteiger charge is 2.05. The smallest absolute Gasteiger partial charge is 0.342 e. The Hall–Kier alpha value is -1.10. The average molecular weight is 246 g/mol. The Labute approximate surface area is 102 Å². The van der Waals surface area contributed by atoms with Gasteiger partial charge in [-0.1, -0.05) is 26.7 Å². The van der Waals surface area contributed by atoms with Gasteiger partial charge in [0.25, 0.3) is 0 Å². The maximum Gasteiger partial charge on any atom is 0.342 e. The Kier molecular flexibility index (Phi) is 9.43. The van der Waals surface area contributed by atoms with Gasteiger partial charge in [-0.3, -0.25) is 9.68 Å². The second kappa shape index (κ2) is 10.1. The van der Waals surface area contributed by atoms with Crippen molar-refractivity contribution < 1.29 is 24.5 Å². The molecule has 0 amide bonds. The van der Waals surface area contributed by atoms with Crippen LogP contribution < -0.4 is 0 Å². The fourth-order valence-electron chi connectivity index (χ4n) is 1.18. The van der Waals surface area contributed by atoms with Gasteiger partial charge >= 0.3 is 11.9 Å². The highest BCUT2D eigenvalue weighted by molar-refractivity contribution is 5.68. The molecule has 0 bridgehead atoms. The van der Waals surface area contributed by atoms with Crippen LogP contribution in [-0.4, -0.2) is 23.7 Å². The van der Waals surface area contributed by atoms with E-state index in [0.29, 0.717) is 31.8 Å². The molecule has 0 saturated carbocycles. The first kappa shape index (κ1) is 15.9. The summed E-state index contributed by atoms with van der Waals surface area (Å²) in [6, 6.07) is 0. The van der Waals surface area contributed by atoms with E-state index in [1.807, 2.05) is 13.8 Å². The van der Waals surface area contributed by atoms with Crippen LogP contribution in [0.25, 0.3) is 0 Å². The third kappa shape index (κ3) is 12.8. The van der Waals surface area contributed by atoms with Gasteiger partial charge < -0.3 is 5.11 Å². The first-order chi connectivity index (χ1) is 8.02. The van der Waals surface area contributed by atoms with Gasteiger partial charge in [-0.05, 0) is 18.8 Å². The summed E-state index contributed by atoms with van der Waals surface area (Å²) in [5.41, 5.74) is 0. The van der Waals surface area contributed by atoms with Gasteiger partial charge in [0, 0.05) is 12.8 Å². The summed E-state index contributed by atoms with van der Waals surface area (Å²) in [5, 5.41) is 8.41. The van der Waals surface area contributed by atoms with Gasteiger partial charge in [0.2, 0.25) is 0 Å². The molecule has 0 atom stereocenters. The lowest BCUT2D eigenvalue weighted by Crippen LogP contribution is -2.09. The van der Waals surface area contributed by atoms with Crippen LogP contribution in [0, 0.1) is 5.92 Å². The molecule has 0 spiro atoms. The lowest BCUT2D eigenvalue weighted by atomic mass is 10.1. The molecule has 17 heavy (non-hydrogen) atoms. The number of carbonyl (C=O) groups excluding carboxylic acids is 1. The topological polar surface area (TPSA) is 72.8 Å². The zero-order chi connectivity index (χ0) is 13.1. The molecular weight excluding hydrogens is 224 g/mol. The van der Waals surface area contributed by atoms with Crippen molar-refractivity contribution in [2.45, 2.75) is 52.4 Å². The molecule has 1 N–H and O–H groups in total. The van der Waals surface area contributed by atoms with E-state index < -0.39 is 5.97 Å². The quantitative estimate of drug-likeness (QED) is 0.364. The minimum Gasteiger partial charge on any atom is -0.481 e. The number of aliphatic carboxylic acids is 1. The molecule has 0 saturated heterocycles. The molecule has 0 aromatic carbocycles. The number of carbonyl (C=O) groups is 2. The Morgan fingerprint density at radius 3 is 2.18 bits per heavy atom. The summed E-state index contributed by atoms with van der Waals surface area (Å²) in [6.07, 6.45) is 3.56. The van der Waals surface area contributed by atoms with E-state index in [9.17, 15) is 9.59 Å². The largest absolute Gasteiger partial charge is 0.481 e. The zero-order valence-electron chi connectivity index (χ0n) is 10.6. The predicted octanol–water partition coefficient (Wildman–Crippen LogP) is 2.54. The highest BCUT2D eigenvalue weighted by atomic mass is 17.2. The predicted molar refractivity (Wildman–Crippen MR) is 62.2 cm³/mol. The van der Waals surface area contributed by atoms with E-state index in [4.69, 9.17) is 9.99 Å². The number of rotatable bonds is 10. The number of hydrogen-bond acceptors (Lipinski definition) is 4. The van der Waals surface area contributed by atoms with Crippen LogP contribution in [0.1, 0.15) is 52.4 Å². The SMILES string of the molecule is CC(C)COOC(=O)CCCCCCC(=O)O. The van der Waals surface area contributed by atoms with Crippen LogP contribution in [0.15, 0.2) is 0 Å². The number of carboxylic acid groups (broad SMARTS) is 1. The maximum atomic E-state index is 11.1. The first-order valence-corrected chi connectivity index (χ1v) is 6.06. The van der Waals surface area contributed by atoms with Crippen LogP contribution in [-0.2, 0) is 19.4 Å². The lowest BCUT2D eigenvalue weighted by molar-refractivity contribution is -0.276. The van der Waals surface area contributed by atoms with E-state index in [1.54, 1.807) is 0 Å². The van der Waals surface area contributed by atoms with Crippen molar-refractivity contribution in [2.75, 3.05) is 6.61 Å². The first-order valence-electron chi connectivity index (χ1n) is 6.06. The van der Waals surface area contributed by atoms with E-state index in [-0.39, 0.29) is 12.4 Å². The van der Waals surface area contributed by atoms with Crippen molar-refractivity contribution in [1.29, 1.82) is 0 Å². The third-order valence-electron chi connectivity index (χ3n) is 2.07. The van der Waals surface area contributed by atoms with Crippen molar-refractivity contribution in [3.05, 3.63) is 0 Å². The summed E-state index contributed by atoms with van der Waals surface area (Å²) in [6.45, 7) is 4.34. The minimum atomic E-state index is -0.772. The molecule has 0 aliphatic rings. The Balaban J connectivity index is 3.24. The summed E-state index contributed by atoms with van der Waals surface area (Å²) in [4.78, 5) is 30.7. The number of hydrogen-bond donors (Lipinski definition) is 1. The highest BCUT2D eigenvalue weighted by Crippen LogP contribution is 2.06. The molecule has 0 radical (unpaired) electrons. The molecule has 0 heterocycles. The molecule has 0 aliphatic carbocycles. The van der Waals surface area contributed by atoms with Gasteiger partial charge in [-0.2, -0.15) is 4.89 Å². The Bertz CT molecular complexity index is 225. The van der Waals surface area contributed by atoms with Crippen LogP contribution >= 0.6 is 0 Å². The fraction of sp³-hybridized carbons (Fsp3) is 0.833. The lowest BCUT2D eigenvalue weighted by Gasteiger charge is -2.05. The standard InChI is InChI=1S/C12H22O5/c1-10(2)9-16-17-12(15)8-6-4-3-5-7-11(13)14/h10H,3-9H2,1-2H3,(H,13,14). The van der Waals surface area contributed by atoms with Crippen molar-refractivity contribution >= 4 is 11.9 Å². The van der Waals surface area contributed by atoms with Crippen molar-refractivity contribution in [3.63, 3.8) is 0 Å². The van der Waals surface area contributed by atoms with Crippen LogP contribution in [0.4, 0.5) is 0 Å². The zero-order valence-corrected chi connectivity index (χ0v) is 10.6. The van der Waals surface area contributed by atoms with E-state index >= 15 is 0 Å². The molecule has 0 unspecified atom stereocenters. The normalized spacial score (nSPS) is 10.5. The molecule has 100 valence electrons. The molecule has 0 aromatic heterocycles. The molecule has 5 heteroatoms. The van der Waals surface area contributed by atoms with Gasteiger partial charge in [0.1, 0.15) is 0 Å². The van der Waals surface area contributed by atoms with Gasteiger partial charge in [-0.15, -0.1) is 0 Å². The number of unbranched alkanes of at least 4 members (excludes halogenated alkanes) is 3. The summed E-state index contributed by atoms with van der Waals surface area (Å²) in [5.74, 6) is -0.797. The van der Waals surface area contributed by atoms with Crippen LogP contribution in [0.2, 0.25) is 0 Å². The second-order valence-corrected chi connectivity index (χ2v) is 4.44. The second-order valence-electron chi connectivity index (χ2n) is 4.44. The fourth-order valence-corrected chi connectivity index (χ4v) is 1.18. The van der Waals surface area contributed by atoms with E-state index in [2.05, 4.69) is 4.89 Å². The van der Waals surface area contributed by atoms with E-state index in [1.165, 1.54) is 0 Å².